The lowest BCUT2D eigenvalue weighted by Crippen LogP contribution is -1.71. The standard InChI is InChI=1S/C3H8S2.C2H6S/c4-2-1-3-5;1-2-3/h4-5H,1-3H2;3H,2H2,1H3. The van der Waals surface area contributed by atoms with Crippen molar-refractivity contribution in [2.75, 3.05) is 17.3 Å². The van der Waals surface area contributed by atoms with Gasteiger partial charge in [0.1, 0.15) is 0 Å². The molecule has 0 aromatic heterocycles. The third kappa shape index (κ3) is 27.7. The molecule has 0 radical (unpaired) electrons. The van der Waals surface area contributed by atoms with Crippen LogP contribution >= 0.6 is 37.9 Å². The largest absolute Gasteiger partial charge is 0.180 e. The van der Waals surface area contributed by atoms with Gasteiger partial charge in [-0.15, -0.1) is 0 Å². The predicted molar refractivity (Wildman–Crippen MR) is 51.9 cm³/mol. The monoisotopic (exact) mass is 170 g/mol. The van der Waals surface area contributed by atoms with Crippen molar-refractivity contribution in [2.45, 2.75) is 13.3 Å². The molecule has 8 heavy (non-hydrogen) atoms. The van der Waals surface area contributed by atoms with Gasteiger partial charge in [-0.05, 0) is 23.7 Å². The van der Waals surface area contributed by atoms with Gasteiger partial charge in [0.15, 0.2) is 0 Å². The van der Waals surface area contributed by atoms with Gasteiger partial charge in [0.05, 0.1) is 0 Å². The Morgan fingerprint density at radius 3 is 1.25 bits per heavy atom. The second-order valence-electron chi connectivity index (χ2n) is 1.12. The van der Waals surface area contributed by atoms with E-state index in [9.17, 15) is 0 Å². The fourth-order valence-corrected chi connectivity index (χ4v) is 0.636. The zero-order chi connectivity index (χ0) is 6.83. The highest BCUT2D eigenvalue weighted by molar-refractivity contribution is 7.81. The minimum atomic E-state index is 0.944. The van der Waals surface area contributed by atoms with Gasteiger partial charge < -0.3 is 0 Å². The molecular weight excluding hydrogens is 156 g/mol. The Balaban J connectivity index is 0. The third-order valence-corrected chi connectivity index (χ3v) is 0.949. The molecule has 0 aliphatic heterocycles. The molecule has 0 heterocycles. The number of thiol groups is 3. The molecule has 0 saturated carbocycles. The zero-order valence-electron chi connectivity index (χ0n) is 5.17. The van der Waals surface area contributed by atoms with Crippen molar-refractivity contribution < 1.29 is 0 Å². The maximum atomic E-state index is 3.95. The number of rotatable bonds is 2. The first-order valence-electron chi connectivity index (χ1n) is 2.66. The molecule has 0 aromatic carbocycles. The van der Waals surface area contributed by atoms with E-state index in [1.54, 1.807) is 0 Å². The van der Waals surface area contributed by atoms with E-state index < -0.39 is 0 Å². The van der Waals surface area contributed by atoms with Crippen molar-refractivity contribution >= 4 is 37.9 Å². The first-order valence-corrected chi connectivity index (χ1v) is 4.55. The van der Waals surface area contributed by atoms with E-state index in [0.29, 0.717) is 0 Å². The highest BCUT2D eigenvalue weighted by atomic mass is 32.1. The van der Waals surface area contributed by atoms with Crippen LogP contribution in [0.3, 0.4) is 0 Å². The average molecular weight is 170 g/mol. The molecular formula is C5H14S3. The van der Waals surface area contributed by atoms with E-state index in [1.165, 1.54) is 0 Å². The summed E-state index contributed by atoms with van der Waals surface area (Å²) in [4.78, 5) is 0. The second-order valence-corrected chi connectivity index (χ2v) is 2.64. The highest BCUT2D eigenvalue weighted by Crippen LogP contribution is 1.83. The van der Waals surface area contributed by atoms with Crippen LogP contribution in [-0.4, -0.2) is 17.3 Å². The van der Waals surface area contributed by atoms with E-state index in [0.717, 1.165) is 23.7 Å². The van der Waals surface area contributed by atoms with Crippen molar-refractivity contribution in [3.05, 3.63) is 0 Å². The highest BCUT2D eigenvalue weighted by Gasteiger charge is 1.69. The molecule has 0 unspecified atom stereocenters. The Kier molecular flexibility index (Phi) is 23.1. The molecule has 0 amide bonds. The molecule has 0 spiro atoms. The van der Waals surface area contributed by atoms with E-state index in [1.807, 2.05) is 6.92 Å². The van der Waals surface area contributed by atoms with Crippen LogP contribution in [0.5, 0.6) is 0 Å². The lowest BCUT2D eigenvalue weighted by atomic mass is 10.6. The van der Waals surface area contributed by atoms with Crippen LogP contribution in [0.15, 0.2) is 0 Å². The second kappa shape index (κ2) is 15.7. The molecule has 0 fully saturated rings. The Morgan fingerprint density at radius 2 is 1.25 bits per heavy atom. The average Bonchev–Trinajstić information content (AvgIpc) is 1.71. The fraction of sp³-hybridized carbons (Fsp3) is 1.00. The molecule has 0 atom stereocenters. The zero-order valence-corrected chi connectivity index (χ0v) is 7.85. The summed E-state index contributed by atoms with van der Waals surface area (Å²) in [7, 11) is 0. The van der Waals surface area contributed by atoms with Crippen molar-refractivity contribution in [2.24, 2.45) is 0 Å². The Bertz CT molecular complexity index is 21.6. The van der Waals surface area contributed by atoms with Crippen molar-refractivity contribution in [1.29, 1.82) is 0 Å². The predicted octanol–water partition coefficient (Wildman–Crippen LogP) is 2.17. The summed E-state index contributed by atoms with van der Waals surface area (Å²) in [5.74, 6) is 2.87. The minimum Gasteiger partial charge on any atom is -0.180 e. The van der Waals surface area contributed by atoms with Gasteiger partial charge in [0, 0.05) is 0 Å². The lowest BCUT2D eigenvalue weighted by Gasteiger charge is -1.78. The summed E-state index contributed by atoms with van der Waals surface area (Å²) in [6, 6.07) is 0. The Hall–Kier alpha value is 1.05. The van der Waals surface area contributed by atoms with Gasteiger partial charge in [0.25, 0.3) is 0 Å². The first kappa shape index (κ1) is 11.8. The van der Waals surface area contributed by atoms with Crippen LogP contribution < -0.4 is 0 Å². The third-order valence-electron chi connectivity index (χ3n) is 0.316. The van der Waals surface area contributed by atoms with E-state index in [2.05, 4.69) is 37.9 Å². The van der Waals surface area contributed by atoms with Crippen LogP contribution in [0.4, 0.5) is 0 Å². The van der Waals surface area contributed by atoms with Gasteiger partial charge in [-0.3, -0.25) is 0 Å². The molecule has 0 aromatic rings. The molecule has 52 valence electrons. The Morgan fingerprint density at radius 1 is 1.00 bits per heavy atom. The van der Waals surface area contributed by atoms with Gasteiger partial charge in [-0.2, -0.15) is 37.9 Å². The van der Waals surface area contributed by atoms with Crippen molar-refractivity contribution in [3.63, 3.8) is 0 Å². The van der Waals surface area contributed by atoms with Crippen LogP contribution in [0.25, 0.3) is 0 Å². The smallest absolute Gasteiger partial charge is 0.00901 e. The number of hydrogen-bond donors (Lipinski definition) is 3. The van der Waals surface area contributed by atoms with Crippen LogP contribution in [-0.2, 0) is 0 Å². The maximum absolute atomic E-state index is 3.95. The first-order chi connectivity index (χ1) is 3.83. The van der Waals surface area contributed by atoms with Crippen LogP contribution in [0.1, 0.15) is 13.3 Å². The summed E-state index contributed by atoms with van der Waals surface area (Å²) < 4.78 is 0. The lowest BCUT2D eigenvalue weighted by molar-refractivity contribution is 1.14. The van der Waals surface area contributed by atoms with E-state index >= 15 is 0 Å². The van der Waals surface area contributed by atoms with Gasteiger partial charge in [-0.1, -0.05) is 6.92 Å². The summed E-state index contributed by atoms with van der Waals surface area (Å²) in [5.41, 5.74) is 0. The van der Waals surface area contributed by atoms with E-state index in [-0.39, 0.29) is 0 Å². The van der Waals surface area contributed by atoms with Gasteiger partial charge >= 0.3 is 0 Å². The van der Waals surface area contributed by atoms with Gasteiger partial charge in [0.2, 0.25) is 0 Å². The summed E-state index contributed by atoms with van der Waals surface area (Å²) >= 11 is 11.7. The quantitative estimate of drug-likeness (QED) is 0.520. The van der Waals surface area contributed by atoms with Gasteiger partial charge in [-0.25, -0.2) is 0 Å². The molecule has 3 heteroatoms. The summed E-state index contributed by atoms with van der Waals surface area (Å²) in [6.45, 7) is 1.99. The molecule has 0 rings (SSSR count). The Labute approximate surface area is 68.7 Å². The topological polar surface area (TPSA) is 0 Å². The van der Waals surface area contributed by atoms with Crippen molar-refractivity contribution in [3.8, 4) is 0 Å². The van der Waals surface area contributed by atoms with Crippen LogP contribution in [0, 0.1) is 0 Å². The molecule has 0 N–H and O–H groups in total. The fourth-order valence-electron chi connectivity index (χ4n) is 0.0707. The minimum absolute atomic E-state index is 0.944. The normalized spacial score (nSPS) is 7.50. The van der Waals surface area contributed by atoms with Crippen LogP contribution in [0.2, 0.25) is 0 Å². The molecule has 0 aliphatic carbocycles. The van der Waals surface area contributed by atoms with E-state index in [4.69, 9.17) is 0 Å². The molecule has 0 nitrogen and oxygen atoms in total. The molecule has 0 saturated heterocycles. The maximum Gasteiger partial charge on any atom is -0.00901 e. The molecule has 0 bridgehead atoms. The molecule has 0 aliphatic rings. The summed E-state index contributed by atoms with van der Waals surface area (Å²) in [5, 5.41) is 0. The summed E-state index contributed by atoms with van der Waals surface area (Å²) in [6.07, 6.45) is 1.12. The SMILES string of the molecule is CCS.SCCCS. The van der Waals surface area contributed by atoms with Crippen molar-refractivity contribution in [1.82, 2.24) is 0 Å². The number of hydrogen-bond acceptors (Lipinski definition) is 3.